The quantitative estimate of drug-likeness (QED) is 0.553. The average Bonchev–Trinajstić information content (AvgIpc) is 2.44. The van der Waals surface area contributed by atoms with Crippen LogP contribution in [0.25, 0.3) is 0 Å². The van der Waals surface area contributed by atoms with Gasteiger partial charge in [0.15, 0.2) is 0 Å². The van der Waals surface area contributed by atoms with Crippen LogP contribution in [0.5, 0.6) is 0 Å². The van der Waals surface area contributed by atoms with Crippen molar-refractivity contribution >= 4 is 22.9 Å². The Balaban J connectivity index is 2.02. The number of piperidine rings is 1. The molecule has 2 nitrogen and oxygen atoms in total. The summed E-state index contributed by atoms with van der Waals surface area (Å²) in [6.45, 7) is 1.31. The Morgan fingerprint density at radius 3 is 2.70 bits per heavy atom. The lowest BCUT2D eigenvalue weighted by Gasteiger charge is -2.27. The molecule has 0 aromatic carbocycles. The van der Waals surface area contributed by atoms with Crippen molar-refractivity contribution in [3.8, 4) is 0 Å². The van der Waals surface area contributed by atoms with E-state index in [2.05, 4.69) is 38.3 Å². The topological polar surface area (TPSA) is 15.3 Å². The number of halogens is 1. The Morgan fingerprint density at radius 1 is 1.50 bits per heavy atom. The van der Waals surface area contributed by atoms with E-state index in [1.54, 1.807) is 0 Å². The van der Waals surface area contributed by atoms with E-state index in [1.165, 1.54) is 19.4 Å². The number of fused-ring (bicyclic) bond motifs is 2. The number of likely N-dealkylation sites (tertiary alicyclic amines) is 1. The Hall–Kier alpha value is 0.650. The summed E-state index contributed by atoms with van der Waals surface area (Å²) in [4.78, 5) is 2.50. The summed E-state index contributed by atoms with van der Waals surface area (Å²) in [7, 11) is 2.24. The van der Waals surface area contributed by atoms with Crippen LogP contribution in [0.2, 0.25) is 0 Å². The first-order chi connectivity index (χ1) is 4.81. The minimum atomic E-state index is 0.807. The lowest BCUT2D eigenvalue weighted by Crippen LogP contribution is -2.38. The third kappa shape index (κ3) is 0.987. The molecule has 3 atom stereocenters. The molecule has 2 fully saturated rings. The Labute approximate surface area is 75.8 Å². The predicted octanol–water partition coefficient (Wildman–Crippen LogP) is 1.02. The summed E-state index contributed by atoms with van der Waals surface area (Å²) in [5.41, 5.74) is 0. The van der Waals surface area contributed by atoms with E-state index in [1.807, 2.05) is 0 Å². The van der Waals surface area contributed by atoms with E-state index in [4.69, 9.17) is 0 Å². The maximum atomic E-state index is 3.36. The van der Waals surface area contributed by atoms with Gasteiger partial charge in [-0.2, -0.15) is 0 Å². The van der Waals surface area contributed by atoms with Crippen LogP contribution in [-0.2, 0) is 0 Å². The molecule has 0 radical (unpaired) electrons. The van der Waals surface area contributed by atoms with Crippen LogP contribution in [-0.4, -0.2) is 30.6 Å². The fourth-order valence-electron chi connectivity index (χ4n) is 2.31. The van der Waals surface area contributed by atoms with E-state index >= 15 is 0 Å². The highest BCUT2D eigenvalue weighted by Crippen LogP contribution is 2.36. The molecule has 1 saturated heterocycles. The molecule has 0 aromatic heterocycles. The Kier molecular flexibility index (Phi) is 1.90. The van der Waals surface area contributed by atoms with E-state index in [0.29, 0.717) is 0 Å². The van der Waals surface area contributed by atoms with Crippen molar-refractivity contribution in [1.82, 2.24) is 8.43 Å². The molecule has 0 amide bonds. The minimum Gasteiger partial charge on any atom is -0.303 e. The van der Waals surface area contributed by atoms with Crippen molar-refractivity contribution in [3.63, 3.8) is 0 Å². The molecule has 10 heavy (non-hydrogen) atoms. The second kappa shape index (κ2) is 2.60. The van der Waals surface area contributed by atoms with Gasteiger partial charge in [0.1, 0.15) is 0 Å². The van der Waals surface area contributed by atoms with Gasteiger partial charge in [0.05, 0.1) is 0 Å². The summed E-state index contributed by atoms with van der Waals surface area (Å²) in [5, 5.41) is 0. The largest absolute Gasteiger partial charge is 0.303 e. The fraction of sp³-hybridized carbons (Fsp3) is 1.00. The maximum absolute atomic E-state index is 3.36. The summed E-state index contributed by atoms with van der Waals surface area (Å²) >= 11 is 2.29. The van der Waals surface area contributed by atoms with Gasteiger partial charge in [0.2, 0.25) is 0 Å². The normalized spacial score (nSPS) is 46.8. The van der Waals surface area contributed by atoms with E-state index in [0.717, 1.165) is 18.0 Å². The van der Waals surface area contributed by atoms with Gasteiger partial charge in [-0.15, -0.1) is 0 Å². The standard InChI is InChI=1S/C7H13IN2/c1-10-4-5-2-6(10)3-7(5)9-8/h5-7,9H,2-4H2,1H3. The molecule has 1 aliphatic carbocycles. The number of hydrogen-bond donors (Lipinski definition) is 1. The third-order valence-corrected chi connectivity index (χ3v) is 3.76. The van der Waals surface area contributed by atoms with Crippen molar-refractivity contribution in [2.24, 2.45) is 5.92 Å². The van der Waals surface area contributed by atoms with Crippen molar-refractivity contribution in [2.45, 2.75) is 24.9 Å². The molecular weight excluding hydrogens is 239 g/mol. The van der Waals surface area contributed by atoms with Gasteiger partial charge in [0.25, 0.3) is 0 Å². The fourth-order valence-corrected chi connectivity index (χ4v) is 3.07. The van der Waals surface area contributed by atoms with E-state index in [9.17, 15) is 0 Å². The molecule has 2 bridgehead atoms. The molecule has 1 aliphatic heterocycles. The number of nitrogens with zero attached hydrogens (tertiary/aromatic N) is 1. The average molecular weight is 252 g/mol. The monoisotopic (exact) mass is 252 g/mol. The molecule has 1 N–H and O–H groups in total. The summed E-state index contributed by atoms with van der Waals surface area (Å²) < 4.78 is 3.36. The Bertz CT molecular complexity index is 138. The van der Waals surface area contributed by atoms with Gasteiger partial charge in [-0.25, -0.2) is 0 Å². The van der Waals surface area contributed by atoms with Gasteiger partial charge in [-0.3, -0.25) is 3.53 Å². The van der Waals surface area contributed by atoms with Crippen LogP contribution < -0.4 is 3.53 Å². The smallest absolute Gasteiger partial charge is 0.0219 e. The maximum Gasteiger partial charge on any atom is 0.0219 e. The third-order valence-electron chi connectivity index (χ3n) is 2.96. The van der Waals surface area contributed by atoms with Crippen LogP contribution in [0, 0.1) is 5.92 Å². The van der Waals surface area contributed by atoms with Gasteiger partial charge < -0.3 is 4.90 Å². The first-order valence-corrected chi connectivity index (χ1v) is 4.95. The highest BCUT2D eigenvalue weighted by Gasteiger charge is 2.42. The van der Waals surface area contributed by atoms with Crippen LogP contribution in [0.15, 0.2) is 0 Å². The zero-order chi connectivity index (χ0) is 7.14. The first kappa shape index (κ1) is 7.31. The molecule has 2 aliphatic rings. The lowest BCUT2D eigenvalue weighted by atomic mass is 10.1. The Morgan fingerprint density at radius 2 is 2.30 bits per heavy atom. The van der Waals surface area contributed by atoms with Crippen LogP contribution >= 0.6 is 22.9 Å². The molecule has 1 heterocycles. The van der Waals surface area contributed by atoms with Crippen LogP contribution in [0.1, 0.15) is 12.8 Å². The molecule has 2 rings (SSSR count). The van der Waals surface area contributed by atoms with Gasteiger partial charge in [-0.1, -0.05) is 0 Å². The SMILES string of the molecule is CN1CC2CC1CC2NI. The van der Waals surface area contributed by atoms with Crippen molar-refractivity contribution < 1.29 is 0 Å². The second-order valence-corrected chi connectivity index (χ2v) is 4.16. The summed E-state index contributed by atoms with van der Waals surface area (Å²) in [5.74, 6) is 0.937. The predicted molar refractivity (Wildman–Crippen MR) is 50.1 cm³/mol. The summed E-state index contributed by atoms with van der Waals surface area (Å²) in [6.07, 6.45) is 2.79. The van der Waals surface area contributed by atoms with E-state index in [-0.39, 0.29) is 0 Å². The van der Waals surface area contributed by atoms with Crippen molar-refractivity contribution in [3.05, 3.63) is 0 Å². The number of rotatable bonds is 1. The zero-order valence-electron chi connectivity index (χ0n) is 6.18. The molecule has 3 heteroatoms. The first-order valence-electron chi connectivity index (χ1n) is 3.87. The second-order valence-electron chi connectivity index (χ2n) is 3.54. The van der Waals surface area contributed by atoms with E-state index < -0.39 is 0 Å². The highest BCUT2D eigenvalue weighted by molar-refractivity contribution is 14.1. The molecule has 58 valence electrons. The number of hydrogen-bond acceptors (Lipinski definition) is 2. The molecule has 0 aromatic rings. The highest BCUT2D eigenvalue weighted by atomic mass is 127. The molecule has 0 spiro atoms. The molecular formula is C7H13IN2. The summed E-state index contributed by atoms with van der Waals surface area (Å²) in [6, 6.07) is 1.69. The van der Waals surface area contributed by atoms with Crippen LogP contribution in [0.3, 0.4) is 0 Å². The minimum absolute atomic E-state index is 0.807. The zero-order valence-corrected chi connectivity index (χ0v) is 8.34. The number of nitrogens with one attached hydrogen (secondary N) is 1. The van der Waals surface area contributed by atoms with Gasteiger partial charge in [-0.05, 0) is 25.8 Å². The molecule has 1 saturated carbocycles. The lowest BCUT2D eigenvalue weighted by molar-refractivity contribution is 0.240. The van der Waals surface area contributed by atoms with Crippen molar-refractivity contribution in [1.29, 1.82) is 0 Å². The van der Waals surface area contributed by atoms with Gasteiger partial charge >= 0.3 is 0 Å². The van der Waals surface area contributed by atoms with Crippen molar-refractivity contribution in [2.75, 3.05) is 13.6 Å². The van der Waals surface area contributed by atoms with Crippen LogP contribution in [0.4, 0.5) is 0 Å². The molecule has 3 unspecified atom stereocenters. The van der Waals surface area contributed by atoms with Gasteiger partial charge in [0, 0.05) is 41.5 Å².